The van der Waals surface area contributed by atoms with E-state index in [1.54, 1.807) is 15.9 Å². The summed E-state index contributed by atoms with van der Waals surface area (Å²) in [4.78, 5) is 34.0. The normalized spacial score (nSPS) is 17.1. The van der Waals surface area contributed by atoms with Gasteiger partial charge in [-0.3, -0.25) is 14.2 Å². The van der Waals surface area contributed by atoms with Crippen molar-refractivity contribution < 1.29 is 4.79 Å². The second-order valence-corrected chi connectivity index (χ2v) is 12.2. The Morgan fingerprint density at radius 3 is 2.46 bits per heavy atom. The molecule has 0 radical (unpaired) electrons. The molecule has 0 bridgehead atoms. The molecule has 0 saturated heterocycles. The van der Waals surface area contributed by atoms with Crippen molar-refractivity contribution in [1.29, 1.82) is 0 Å². The molecule has 1 fully saturated rings. The lowest BCUT2D eigenvalue weighted by atomic mass is 9.97. The Hall–Kier alpha value is -2.12. The Kier molecular flexibility index (Phi) is 7.63. The molecule has 2 heterocycles. The Balaban J connectivity index is 1.47. The monoisotopic (exact) mass is 509 g/mol. The highest BCUT2D eigenvalue weighted by Gasteiger charge is 2.24. The summed E-state index contributed by atoms with van der Waals surface area (Å²) in [6, 6.07) is 6.46. The van der Waals surface area contributed by atoms with Crippen molar-refractivity contribution in [2.75, 3.05) is 5.75 Å². The van der Waals surface area contributed by atoms with Gasteiger partial charge in [-0.25, -0.2) is 4.98 Å². The van der Waals surface area contributed by atoms with Crippen LogP contribution in [0.4, 0.5) is 0 Å². The minimum absolute atomic E-state index is 0.00215. The maximum absolute atomic E-state index is 14.0. The van der Waals surface area contributed by atoms with Crippen LogP contribution in [0.5, 0.6) is 0 Å². The van der Waals surface area contributed by atoms with Gasteiger partial charge in [0.1, 0.15) is 4.83 Å². The maximum Gasteiger partial charge on any atom is 0.267 e. The molecule has 1 N–H and O–H groups in total. The standard InChI is InChI=1S/C28H35N3O2S2/c1-18-14-19(2)16-21(15-18)31-27(33)25-22-12-8-9-13-23(22)35-26(25)30-28(31)34-17-24(32)29-20-10-6-4-3-5-7-11-20/h14-16,20H,3-13,17H2,1-2H3,(H,29,32). The van der Waals surface area contributed by atoms with Gasteiger partial charge in [-0.1, -0.05) is 49.9 Å². The molecular weight excluding hydrogens is 474 g/mol. The van der Waals surface area contributed by atoms with Gasteiger partial charge in [0.05, 0.1) is 16.8 Å². The van der Waals surface area contributed by atoms with Crippen molar-refractivity contribution >= 4 is 39.2 Å². The minimum Gasteiger partial charge on any atom is -0.353 e. The highest BCUT2D eigenvalue weighted by atomic mass is 32.2. The summed E-state index contributed by atoms with van der Waals surface area (Å²) >= 11 is 3.05. The van der Waals surface area contributed by atoms with E-state index in [1.165, 1.54) is 60.7 Å². The van der Waals surface area contributed by atoms with Crippen molar-refractivity contribution in [3.63, 3.8) is 0 Å². The zero-order chi connectivity index (χ0) is 24.4. The summed E-state index contributed by atoms with van der Waals surface area (Å²) < 4.78 is 1.75. The fraction of sp³-hybridized carbons (Fsp3) is 0.536. The summed E-state index contributed by atoms with van der Waals surface area (Å²) in [6.45, 7) is 4.10. The van der Waals surface area contributed by atoms with Gasteiger partial charge in [-0.05, 0) is 81.2 Å². The van der Waals surface area contributed by atoms with E-state index in [2.05, 4.69) is 25.2 Å². The minimum atomic E-state index is 0.00215. The van der Waals surface area contributed by atoms with Crippen LogP contribution in [0.1, 0.15) is 79.4 Å². The first-order valence-corrected chi connectivity index (χ1v) is 14.9. The zero-order valence-corrected chi connectivity index (χ0v) is 22.5. The van der Waals surface area contributed by atoms with Crippen LogP contribution >= 0.6 is 23.1 Å². The first-order valence-electron chi connectivity index (χ1n) is 13.1. The van der Waals surface area contributed by atoms with Crippen LogP contribution in [0.25, 0.3) is 15.9 Å². The number of carbonyl (C=O) groups excluding carboxylic acids is 1. The molecule has 186 valence electrons. The van der Waals surface area contributed by atoms with E-state index in [0.29, 0.717) is 5.16 Å². The number of rotatable bonds is 5. The van der Waals surface area contributed by atoms with E-state index in [0.717, 1.165) is 59.1 Å². The van der Waals surface area contributed by atoms with E-state index in [1.807, 2.05) is 12.1 Å². The molecule has 3 aromatic rings. The summed E-state index contributed by atoms with van der Waals surface area (Å²) in [7, 11) is 0. The van der Waals surface area contributed by atoms with E-state index >= 15 is 0 Å². The van der Waals surface area contributed by atoms with Crippen molar-refractivity contribution in [3.8, 4) is 5.69 Å². The summed E-state index contributed by atoms with van der Waals surface area (Å²) in [5, 5.41) is 4.65. The van der Waals surface area contributed by atoms with Crippen LogP contribution in [-0.4, -0.2) is 27.3 Å². The third-order valence-corrected chi connectivity index (χ3v) is 9.35. The molecule has 0 unspecified atom stereocenters. The quantitative estimate of drug-likeness (QED) is 0.325. The number of fused-ring (bicyclic) bond motifs is 3. The van der Waals surface area contributed by atoms with Crippen molar-refractivity contribution in [1.82, 2.24) is 14.9 Å². The molecule has 2 aromatic heterocycles. The number of amides is 1. The first-order chi connectivity index (χ1) is 17.0. The molecule has 35 heavy (non-hydrogen) atoms. The molecule has 2 aliphatic rings. The lowest BCUT2D eigenvalue weighted by molar-refractivity contribution is -0.119. The van der Waals surface area contributed by atoms with Gasteiger partial charge >= 0.3 is 0 Å². The predicted octanol–water partition coefficient (Wildman–Crippen LogP) is 6.26. The molecular formula is C28H35N3O2S2. The number of thioether (sulfide) groups is 1. The average Bonchev–Trinajstić information content (AvgIpc) is 3.17. The third kappa shape index (κ3) is 5.51. The molecule has 0 aliphatic heterocycles. The Morgan fingerprint density at radius 1 is 1.03 bits per heavy atom. The molecule has 2 aliphatic carbocycles. The van der Waals surface area contributed by atoms with Crippen LogP contribution in [0.15, 0.2) is 28.2 Å². The molecule has 1 amide bonds. The van der Waals surface area contributed by atoms with Gasteiger partial charge in [0.2, 0.25) is 5.91 Å². The van der Waals surface area contributed by atoms with E-state index in [4.69, 9.17) is 4.98 Å². The highest BCUT2D eigenvalue weighted by Crippen LogP contribution is 2.35. The molecule has 1 aromatic carbocycles. The Bertz CT molecular complexity index is 1270. The topological polar surface area (TPSA) is 64.0 Å². The van der Waals surface area contributed by atoms with E-state index < -0.39 is 0 Å². The number of aromatic nitrogens is 2. The van der Waals surface area contributed by atoms with Gasteiger partial charge < -0.3 is 5.32 Å². The maximum atomic E-state index is 14.0. The van der Waals surface area contributed by atoms with Crippen LogP contribution < -0.4 is 10.9 Å². The van der Waals surface area contributed by atoms with Crippen LogP contribution in [0.2, 0.25) is 0 Å². The number of nitrogens with zero attached hydrogens (tertiary/aromatic N) is 2. The summed E-state index contributed by atoms with van der Waals surface area (Å²) in [6.07, 6.45) is 12.6. The van der Waals surface area contributed by atoms with Crippen molar-refractivity contribution in [2.24, 2.45) is 0 Å². The smallest absolute Gasteiger partial charge is 0.267 e. The van der Waals surface area contributed by atoms with E-state index in [-0.39, 0.29) is 23.3 Å². The molecule has 0 atom stereocenters. The lowest BCUT2D eigenvalue weighted by Crippen LogP contribution is -2.36. The molecule has 1 saturated carbocycles. The average molecular weight is 510 g/mol. The first kappa shape index (κ1) is 24.6. The number of hydrogen-bond acceptors (Lipinski definition) is 5. The SMILES string of the molecule is Cc1cc(C)cc(-n2c(SCC(=O)NC3CCCCCCC3)nc3sc4c(c3c2=O)CCCC4)c1. The van der Waals surface area contributed by atoms with Crippen molar-refractivity contribution in [3.05, 3.63) is 50.1 Å². The van der Waals surface area contributed by atoms with Gasteiger partial charge in [-0.2, -0.15) is 0 Å². The molecule has 5 rings (SSSR count). The fourth-order valence-electron chi connectivity index (χ4n) is 5.59. The highest BCUT2D eigenvalue weighted by molar-refractivity contribution is 7.99. The zero-order valence-electron chi connectivity index (χ0n) is 20.8. The largest absolute Gasteiger partial charge is 0.353 e. The lowest BCUT2D eigenvalue weighted by Gasteiger charge is -2.21. The number of carbonyl (C=O) groups is 1. The Morgan fingerprint density at radius 2 is 1.71 bits per heavy atom. The van der Waals surface area contributed by atoms with Gasteiger partial charge in [0, 0.05) is 10.9 Å². The number of nitrogens with one attached hydrogen (secondary N) is 1. The van der Waals surface area contributed by atoms with Gasteiger partial charge in [0.15, 0.2) is 5.16 Å². The van der Waals surface area contributed by atoms with E-state index in [9.17, 15) is 9.59 Å². The molecule has 7 heteroatoms. The van der Waals surface area contributed by atoms with Crippen LogP contribution in [-0.2, 0) is 17.6 Å². The fourth-order valence-corrected chi connectivity index (χ4v) is 7.72. The number of aryl methyl sites for hydroxylation is 4. The second-order valence-electron chi connectivity index (χ2n) is 10.2. The Labute approximate surface area is 215 Å². The van der Waals surface area contributed by atoms with Gasteiger partial charge in [-0.15, -0.1) is 11.3 Å². The number of hydrogen-bond donors (Lipinski definition) is 1. The third-order valence-electron chi connectivity index (χ3n) is 7.23. The summed E-state index contributed by atoms with van der Waals surface area (Å²) in [5.41, 5.74) is 4.25. The number of thiophene rings is 1. The molecule has 0 spiro atoms. The van der Waals surface area contributed by atoms with Crippen LogP contribution in [0, 0.1) is 13.8 Å². The second kappa shape index (κ2) is 10.9. The number of benzene rings is 1. The summed E-state index contributed by atoms with van der Waals surface area (Å²) in [5.74, 6) is 0.303. The van der Waals surface area contributed by atoms with Gasteiger partial charge in [0.25, 0.3) is 5.56 Å². The van der Waals surface area contributed by atoms with Crippen molar-refractivity contribution in [2.45, 2.75) is 95.7 Å². The van der Waals surface area contributed by atoms with Crippen LogP contribution in [0.3, 0.4) is 0 Å². The molecule has 5 nitrogen and oxygen atoms in total. The predicted molar refractivity (Wildman–Crippen MR) is 146 cm³/mol.